The summed E-state index contributed by atoms with van der Waals surface area (Å²) in [5.74, 6) is 1.74. The molecule has 2 aromatic carbocycles. The van der Waals surface area contributed by atoms with Crippen molar-refractivity contribution in [1.29, 1.82) is 0 Å². The van der Waals surface area contributed by atoms with E-state index in [1.807, 2.05) is 56.3 Å². The van der Waals surface area contributed by atoms with Gasteiger partial charge >= 0.3 is 0 Å². The number of fused-ring (bicyclic) bond motifs is 1. The predicted octanol–water partition coefficient (Wildman–Crippen LogP) is 4.21. The number of hydrogen-bond acceptors (Lipinski definition) is 4. The molecule has 2 aromatic rings. The van der Waals surface area contributed by atoms with Crippen LogP contribution in [-0.4, -0.2) is 23.9 Å². The molecule has 5 heteroatoms. The van der Waals surface area contributed by atoms with Gasteiger partial charge in [0.05, 0.1) is 11.9 Å². The monoisotopic (exact) mass is 371 g/mol. The highest BCUT2D eigenvalue weighted by molar-refractivity contribution is 8.00. The summed E-state index contributed by atoms with van der Waals surface area (Å²) in [4.78, 5) is 13.6. The molecule has 138 valence electrons. The van der Waals surface area contributed by atoms with Gasteiger partial charge in [-0.3, -0.25) is 4.79 Å². The van der Waals surface area contributed by atoms with E-state index in [2.05, 4.69) is 12.2 Å². The number of thioether (sulfide) groups is 1. The Morgan fingerprint density at radius 2 is 2.12 bits per heavy atom. The van der Waals surface area contributed by atoms with Crippen molar-refractivity contribution in [3.05, 3.63) is 53.6 Å². The quantitative estimate of drug-likeness (QED) is 0.741. The molecule has 0 radical (unpaired) electrons. The number of benzene rings is 2. The van der Waals surface area contributed by atoms with Crippen molar-refractivity contribution in [2.75, 3.05) is 6.61 Å². The van der Waals surface area contributed by atoms with Gasteiger partial charge in [0.1, 0.15) is 17.6 Å². The van der Waals surface area contributed by atoms with E-state index in [4.69, 9.17) is 9.47 Å². The van der Waals surface area contributed by atoms with Gasteiger partial charge in [-0.05, 0) is 45.0 Å². The topological polar surface area (TPSA) is 47.6 Å². The number of hydrogen-bond donors (Lipinski definition) is 1. The maximum absolute atomic E-state index is 12.5. The molecular weight excluding hydrogens is 346 g/mol. The average Bonchev–Trinajstić information content (AvgIpc) is 2.99. The van der Waals surface area contributed by atoms with E-state index >= 15 is 0 Å². The number of amides is 1. The molecule has 0 bridgehead atoms. The van der Waals surface area contributed by atoms with Crippen LogP contribution in [-0.2, 0) is 17.8 Å². The smallest absolute Gasteiger partial charge is 0.233 e. The van der Waals surface area contributed by atoms with Crippen LogP contribution in [0.15, 0.2) is 47.4 Å². The van der Waals surface area contributed by atoms with Crippen LogP contribution >= 0.6 is 11.8 Å². The summed E-state index contributed by atoms with van der Waals surface area (Å²) in [7, 11) is 0. The van der Waals surface area contributed by atoms with Gasteiger partial charge in [-0.1, -0.05) is 18.2 Å². The fourth-order valence-electron chi connectivity index (χ4n) is 2.99. The lowest BCUT2D eigenvalue weighted by atomic mass is 10.1. The first-order valence-electron chi connectivity index (χ1n) is 9.01. The van der Waals surface area contributed by atoms with E-state index in [9.17, 15) is 4.79 Å². The lowest BCUT2D eigenvalue weighted by Crippen LogP contribution is -2.30. The highest BCUT2D eigenvalue weighted by Gasteiger charge is 2.22. The van der Waals surface area contributed by atoms with Crippen LogP contribution in [0.3, 0.4) is 0 Å². The average molecular weight is 372 g/mol. The highest BCUT2D eigenvalue weighted by Crippen LogP contribution is 2.35. The van der Waals surface area contributed by atoms with Gasteiger partial charge in [-0.2, -0.15) is 0 Å². The minimum absolute atomic E-state index is 0.0103. The van der Waals surface area contributed by atoms with Crippen molar-refractivity contribution in [2.45, 2.75) is 50.0 Å². The van der Waals surface area contributed by atoms with Gasteiger partial charge in [0.2, 0.25) is 5.91 Å². The second kappa shape index (κ2) is 8.49. The maximum atomic E-state index is 12.5. The van der Waals surface area contributed by atoms with E-state index < -0.39 is 0 Å². The van der Waals surface area contributed by atoms with E-state index in [-0.39, 0.29) is 17.3 Å². The molecule has 26 heavy (non-hydrogen) atoms. The van der Waals surface area contributed by atoms with Crippen molar-refractivity contribution in [1.82, 2.24) is 5.32 Å². The van der Waals surface area contributed by atoms with Crippen LogP contribution in [0.2, 0.25) is 0 Å². The van der Waals surface area contributed by atoms with E-state index in [0.29, 0.717) is 13.2 Å². The maximum Gasteiger partial charge on any atom is 0.233 e. The zero-order chi connectivity index (χ0) is 18.5. The lowest BCUT2D eigenvalue weighted by molar-refractivity contribution is -0.120. The third-order valence-electron chi connectivity index (χ3n) is 4.26. The third kappa shape index (κ3) is 4.52. The normalized spacial score (nSPS) is 16.5. The van der Waals surface area contributed by atoms with Gasteiger partial charge < -0.3 is 14.8 Å². The van der Waals surface area contributed by atoms with E-state index in [0.717, 1.165) is 28.4 Å². The van der Waals surface area contributed by atoms with E-state index in [1.165, 1.54) is 5.56 Å². The molecule has 1 aliphatic heterocycles. The molecular formula is C21H25NO3S. The Kier molecular flexibility index (Phi) is 6.09. The Morgan fingerprint density at radius 3 is 2.85 bits per heavy atom. The minimum Gasteiger partial charge on any atom is -0.494 e. The highest BCUT2D eigenvalue weighted by atomic mass is 32.2. The molecule has 0 aromatic heterocycles. The van der Waals surface area contributed by atoms with Crippen molar-refractivity contribution in [3.8, 4) is 11.5 Å². The van der Waals surface area contributed by atoms with Crippen LogP contribution in [0.4, 0.5) is 0 Å². The van der Waals surface area contributed by atoms with Crippen LogP contribution < -0.4 is 14.8 Å². The molecule has 1 heterocycles. The number of rotatable bonds is 7. The first-order valence-corrected chi connectivity index (χ1v) is 9.89. The molecule has 0 saturated heterocycles. The molecule has 0 unspecified atom stereocenters. The van der Waals surface area contributed by atoms with Crippen molar-refractivity contribution in [2.24, 2.45) is 0 Å². The van der Waals surface area contributed by atoms with Gasteiger partial charge in [-0.25, -0.2) is 0 Å². The molecule has 0 aliphatic carbocycles. The summed E-state index contributed by atoms with van der Waals surface area (Å²) in [5, 5.41) is 2.86. The van der Waals surface area contributed by atoms with Crippen LogP contribution in [0.25, 0.3) is 0 Å². The molecule has 0 fully saturated rings. The molecule has 1 aliphatic rings. The van der Waals surface area contributed by atoms with E-state index in [1.54, 1.807) is 11.8 Å². The second-order valence-electron chi connectivity index (χ2n) is 6.42. The molecule has 3 rings (SSSR count). The van der Waals surface area contributed by atoms with Gasteiger partial charge in [0.25, 0.3) is 0 Å². The fraction of sp³-hybridized carbons (Fsp3) is 0.381. The van der Waals surface area contributed by atoms with Gasteiger partial charge in [-0.15, -0.1) is 11.8 Å². The first kappa shape index (κ1) is 18.6. The molecule has 1 N–H and O–H groups in total. The molecule has 4 nitrogen and oxygen atoms in total. The SMILES string of the molecule is CCOc1cc2c(cc1CNC(=O)[C@H](C)Sc1ccccc1)O[C@@H](C)C2. The predicted molar refractivity (Wildman–Crippen MR) is 105 cm³/mol. The third-order valence-corrected chi connectivity index (χ3v) is 5.37. The Balaban J connectivity index is 1.65. The Labute approximate surface area is 159 Å². The zero-order valence-corrected chi connectivity index (χ0v) is 16.3. The second-order valence-corrected chi connectivity index (χ2v) is 7.84. The Bertz CT molecular complexity index is 763. The number of ether oxygens (including phenoxy) is 2. The summed E-state index contributed by atoms with van der Waals surface area (Å²) < 4.78 is 11.6. The first-order chi connectivity index (χ1) is 12.6. The lowest BCUT2D eigenvalue weighted by Gasteiger charge is -2.15. The molecule has 2 atom stereocenters. The zero-order valence-electron chi connectivity index (χ0n) is 15.5. The van der Waals surface area contributed by atoms with Crippen molar-refractivity contribution in [3.63, 3.8) is 0 Å². The fourth-order valence-corrected chi connectivity index (χ4v) is 3.91. The minimum atomic E-state index is -0.168. The van der Waals surface area contributed by atoms with Gasteiger partial charge in [0, 0.05) is 29.0 Å². The van der Waals surface area contributed by atoms with Crippen molar-refractivity contribution < 1.29 is 14.3 Å². The Morgan fingerprint density at radius 1 is 1.35 bits per heavy atom. The molecule has 0 saturated carbocycles. The standard InChI is InChI=1S/C21H25NO3S/c1-4-24-19-11-16-10-14(2)25-20(16)12-17(19)13-22-21(23)15(3)26-18-8-6-5-7-9-18/h5-9,11-12,14-15H,4,10,13H2,1-3H3,(H,22,23)/t14-,15-/m0/s1. The summed E-state index contributed by atoms with van der Waals surface area (Å²) in [5.41, 5.74) is 2.12. The van der Waals surface area contributed by atoms with Gasteiger partial charge in [0.15, 0.2) is 0 Å². The summed E-state index contributed by atoms with van der Waals surface area (Å²) >= 11 is 1.55. The van der Waals surface area contributed by atoms with Crippen LogP contribution in [0.1, 0.15) is 31.9 Å². The Hall–Kier alpha value is -2.14. The number of nitrogens with one attached hydrogen (secondary N) is 1. The number of carbonyl (C=O) groups is 1. The number of carbonyl (C=O) groups excluding carboxylic acids is 1. The van der Waals surface area contributed by atoms with Crippen LogP contribution in [0.5, 0.6) is 11.5 Å². The summed E-state index contributed by atoms with van der Waals surface area (Å²) in [6, 6.07) is 14.0. The largest absolute Gasteiger partial charge is 0.494 e. The molecule has 1 amide bonds. The van der Waals surface area contributed by atoms with Crippen LogP contribution in [0, 0.1) is 0 Å². The van der Waals surface area contributed by atoms with Crippen molar-refractivity contribution >= 4 is 17.7 Å². The molecule has 0 spiro atoms. The summed E-state index contributed by atoms with van der Waals surface area (Å²) in [6.45, 7) is 6.97. The summed E-state index contributed by atoms with van der Waals surface area (Å²) in [6.07, 6.45) is 1.08.